The van der Waals surface area contributed by atoms with Crippen LogP contribution < -0.4 is 5.32 Å². The summed E-state index contributed by atoms with van der Waals surface area (Å²) in [5.41, 5.74) is 1.84. The van der Waals surface area contributed by atoms with Gasteiger partial charge in [-0.2, -0.15) is 0 Å². The third-order valence-electron chi connectivity index (χ3n) is 3.42. The van der Waals surface area contributed by atoms with Crippen LogP contribution in [-0.2, 0) is 11.3 Å². The minimum Gasteiger partial charge on any atom is -0.384 e. The fourth-order valence-electron chi connectivity index (χ4n) is 2.36. The Morgan fingerprint density at radius 3 is 2.52 bits per heavy atom. The smallest absolute Gasteiger partial charge is 0.223 e. The van der Waals surface area contributed by atoms with Crippen molar-refractivity contribution >= 4 is 5.91 Å². The zero-order chi connectivity index (χ0) is 15.5. The van der Waals surface area contributed by atoms with E-state index in [4.69, 9.17) is 5.11 Å². The molecule has 1 amide bonds. The first-order chi connectivity index (χ1) is 10.2. The number of aliphatic hydroxyl groups is 1. The summed E-state index contributed by atoms with van der Waals surface area (Å²) in [4.78, 5) is 12.2. The molecule has 0 aliphatic rings. The van der Waals surface area contributed by atoms with E-state index >= 15 is 0 Å². The molecule has 2 N–H and O–H groups in total. The number of carbonyl (C=O) groups excluding carboxylic acids is 1. The molecule has 0 radical (unpaired) electrons. The number of amides is 1. The lowest BCUT2D eigenvalue weighted by Gasteiger charge is -2.15. The summed E-state index contributed by atoms with van der Waals surface area (Å²) in [7, 11) is 0. The van der Waals surface area contributed by atoms with Gasteiger partial charge in [-0.15, -0.1) is 0 Å². The monoisotopic (exact) mass is 287 g/mol. The molecule has 0 aliphatic heterocycles. The SMILES string of the molecule is CCCC(CCC)C(=O)NCc1ccccc1C#CCO. The minimum atomic E-state index is -0.157. The van der Waals surface area contributed by atoms with Gasteiger partial charge in [-0.3, -0.25) is 4.79 Å². The van der Waals surface area contributed by atoms with E-state index in [1.54, 1.807) is 0 Å². The number of hydrogen-bond donors (Lipinski definition) is 2. The van der Waals surface area contributed by atoms with Gasteiger partial charge in [0.15, 0.2) is 0 Å². The minimum absolute atomic E-state index is 0.107. The molecular formula is C18H25NO2. The number of rotatable bonds is 7. The van der Waals surface area contributed by atoms with Crippen molar-refractivity contribution in [1.29, 1.82) is 0 Å². The van der Waals surface area contributed by atoms with Crippen LogP contribution in [-0.4, -0.2) is 17.6 Å². The van der Waals surface area contributed by atoms with Crippen LogP contribution in [0.25, 0.3) is 0 Å². The van der Waals surface area contributed by atoms with Crippen LogP contribution in [0.3, 0.4) is 0 Å². The molecule has 3 nitrogen and oxygen atoms in total. The average molecular weight is 287 g/mol. The number of benzene rings is 1. The third kappa shape index (κ3) is 6.01. The molecule has 0 heterocycles. The maximum absolute atomic E-state index is 12.2. The summed E-state index contributed by atoms with van der Waals surface area (Å²) >= 11 is 0. The maximum atomic E-state index is 12.2. The van der Waals surface area contributed by atoms with Crippen LogP contribution in [0.2, 0.25) is 0 Å². The lowest BCUT2D eigenvalue weighted by molar-refractivity contribution is -0.125. The third-order valence-corrected chi connectivity index (χ3v) is 3.42. The summed E-state index contributed by atoms with van der Waals surface area (Å²) in [6, 6.07) is 7.70. The Kier molecular flexibility index (Phi) is 8.23. The van der Waals surface area contributed by atoms with Crippen molar-refractivity contribution in [1.82, 2.24) is 5.32 Å². The Balaban J connectivity index is 2.67. The molecule has 0 atom stereocenters. The van der Waals surface area contributed by atoms with Crippen molar-refractivity contribution in [2.45, 2.75) is 46.1 Å². The average Bonchev–Trinajstić information content (AvgIpc) is 2.51. The van der Waals surface area contributed by atoms with E-state index in [9.17, 15) is 4.79 Å². The molecule has 0 bridgehead atoms. The molecule has 0 unspecified atom stereocenters. The standard InChI is InChI=1S/C18H25NO2/c1-3-8-16(9-4-2)18(21)19-14-17-11-6-5-10-15(17)12-7-13-20/h5-6,10-11,16,20H,3-4,8-9,13-14H2,1-2H3,(H,19,21). The molecule has 0 saturated carbocycles. The maximum Gasteiger partial charge on any atom is 0.223 e. The highest BCUT2D eigenvalue weighted by molar-refractivity contribution is 5.78. The lowest BCUT2D eigenvalue weighted by atomic mass is 9.97. The van der Waals surface area contributed by atoms with Gasteiger partial charge >= 0.3 is 0 Å². The summed E-state index contributed by atoms with van der Waals surface area (Å²) < 4.78 is 0. The summed E-state index contributed by atoms with van der Waals surface area (Å²) in [5.74, 6) is 5.80. The van der Waals surface area contributed by atoms with Crippen LogP contribution in [0, 0.1) is 17.8 Å². The van der Waals surface area contributed by atoms with Crippen molar-refractivity contribution in [2.24, 2.45) is 5.92 Å². The molecule has 21 heavy (non-hydrogen) atoms. The zero-order valence-corrected chi connectivity index (χ0v) is 13.0. The van der Waals surface area contributed by atoms with E-state index in [0.29, 0.717) is 6.54 Å². The molecule has 0 saturated heterocycles. The molecule has 1 aromatic carbocycles. The Morgan fingerprint density at radius 2 is 1.90 bits per heavy atom. The van der Waals surface area contributed by atoms with Gasteiger partial charge in [-0.1, -0.05) is 56.7 Å². The van der Waals surface area contributed by atoms with Crippen LogP contribution in [0.15, 0.2) is 24.3 Å². The predicted molar refractivity (Wildman–Crippen MR) is 85.6 cm³/mol. The number of hydrogen-bond acceptors (Lipinski definition) is 2. The Bertz CT molecular complexity index is 493. The van der Waals surface area contributed by atoms with Gasteiger partial charge in [-0.05, 0) is 24.5 Å². The fourth-order valence-corrected chi connectivity index (χ4v) is 2.36. The second kappa shape index (κ2) is 10.0. The highest BCUT2D eigenvalue weighted by atomic mass is 16.2. The van der Waals surface area contributed by atoms with Gasteiger partial charge in [0.1, 0.15) is 6.61 Å². The summed E-state index contributed by atoms with van der Waals surface area (Å²) in [5, 5.41) is 11.8. The van der Waals surface area contributed by atoms with Crippen molar-refractivity contribution < 1.29 is 9.90 Å². The molecule has 1 aromatic rings. The molecule has 3 heteroatoms. The van der Waals surface area contributed by atoms with Crippen LogP contribution in [0.4, 0.5) is 0 Å². The van der Waals surface area contributed by atoms with E-state index in [2.05, 4.69) is 31.0 Å². The second-order valence-corrected chi connectivity index (χ2v) is 5.11. The molecule has 0 aliphatic carbocycles. The summed E-state index contributed by atoms with van der Waals surface area (Å²) in [6.45, 7) is 4.54. The molecule has 1 rings (SSSR count). The molecule has 114 valence electrons. The van der Waals surface area contributed by atoms with E-state index in [0.717, 1.165) is 36.8 Å². The molecule has 0 aromatic heterocycles. The lowest BCUT2D eigenvalue weighted by Crippen LogP contribution is -2.30. The van der Waals surface area contributed by atoms with Crippen LogP contribution >= 0.6 is 0 Å². The van der Waals surface area contributed by atoms with Crippen molar-refractivity contribution in [3.8, 4) is 11.8 Å². The summed E-state index contributed by atoms with van der Waals surface area (Å²) in [6.07, 6.45) is 3.92. The van der Waals surface area contributed by atoms with Crippen LogP contribution in [0.1, 0.15) is 50.7 Å². The highest BCUT2D eigenvalue weighted by Gasteiger charge is 2.16. The number of nitrogens with one attached hydrogen (secondary N) is 1. The first kappa shape index (κ1) is 17.3. The molecular weight excluding hydrogens is 262 g/mol. The predicted octanol–water partition coefficient (Wildman–Crippen LogP) is 2.86. The van der Waals surface area contributed by atoms with Crippen molar-refractivity contribution in [2.75, 3.05) is 6.61 Å². The fraction of sp³-hybridized carbons (Fsp3) is 0.500. The Hall–Kier alpha value is -1.79. The highest BCUT2D eigenvalue weighted by Crippen LogP contribution is 2.14. The number of aliphatic hydroxyl groups excluding tert-OH is 1. The van der Waals surface area contributed by atoms with Gasteiger partial charge in [0.2, 0.25) is 5.91 Å². The Morgan fingerprint density at radius 1 is 1.24 bits per heavy atom. The van der Waals surface area contributed by atoms with Gasteiger partial charge in [0.05, 0.1) is 0 Å². The van der Waals surface area contributed by atoms with Gasteiger partial charge in [0.25, 0.3) is 0 Å². The molecule has 0 spiro atoms. The van der Waals surface area contributed by atoms with E-state index in [1.165, 1.54) is 0 Å². The number of carbonyl (C=O) groups is 1. The van der Waals surface area contributed by atoms with Gasteiger partial charge < -0.3 is 10.4 Å². The first-order valence-electron chi connectivity index (χ1n) is 7.68. The van der Waals surface area contributed by atoms with Crippen molar-refractivity contribution in [3.63, 3.8) is 0 Å². The van der Waals surface area contributed by atoms with Crippen molar-refractivity contribution in [3.05, 3.63) is 35.4 Å². The van der Waals surface area contributed by atoms with E-state index in [-0.39, 0.29) is 18.4 Å². The van der Waals surface area contributed by atoms with Gasteiger partial charge in [0, 0.05) is 18.0 Å². The quantitative estimate of drug-likeness (QED) is 0.758. The molecule has 0 fully saturated rings. The van der Waals surface area contributed by atoms with Crippen LogP contribution in [0.5, 0.6) is 0 Å². The largest absolute Gasteiger partial charge is 0.384 e. The topological polar surface area (TPSA) is 49.3 Å². The first-order valence-corrected chi connectivity index (χ1v) is 7.68. The normalized spacial score (nSPS) is 10.1. The second-order valence-electron chi connectivity index (χ2n) is 5.11. The van der Waals surface area contributed by atoms with E-state index < -0.39 is 0 Å². The van der Waals surface area contributed by atoms with E-state index in [1.807, 2.05) is 24.3 Å². The van der Waals surface area contributed by atoms with Gasteiger partial charge in [-0.25, -0.2) is 0 Å². The zero-order valence-electron chi connectivity index (χ0n) is 13.0. The Labute approximate surface area is 127 Å².